The molecule has 1 amide bonds. The first-order valence-corrected chi connectivity index (χ1v) is 4.53. The summed E-state index contributed by atoms with van der Waals surface area (Å²) in [7, 11) is 3.54. The van der Waals surface area contributed by atoms with E-state index in [1.807, 2.05) is 0 Å². The molecule has 0 unspecified atom stereocenters. The SMILES string of the molecule is C#CCCNCCCC(=O)N(C)C. The second-order valence-corrected chi connectivity index (χ2v) is 3.10. The highest BCUT2D eigenvalue weighted by atomic mass is 16.2. The van der Waals surface area contributed by atoms with E-state index >= 15 is 0 Å². The summed E-state index contributed by atoms with van der Waals surface area (Å²) in [5, 5.41) is 3.17. The third-order valence-electron chi connectivity index (χ3n) is 1.69. The van der Waals surface area contributed by atoms with Gasteiger partial charge in [-0.1, -0.05) is 0 Å². The van der Waals surface area contributed by atoms with E-state index in [-0.39, 0.29) is 5.91 Å². The molecule has 0 aliphatic rings. The zero-order chi connectivity index (χ0) is 10.1. The van der Waals surface area contributed by atoms with E-state index in [0.717, 1.165) is 25.9 Å². The predicted octanol–water partition coefficient (Wildman–Crippen LogP) is 0.468. The fourth-order valence-electron chi connectivity index (χ4n) is 0.874. The van der Waals surface area contributed by atoms with Gasteiger partial charge in [-0.25, -0.2) is 0 Å². The summed E-state index contributed by atoms with van der Waals surface area (Å²) in [6.45, 7) is 1.70. The van der Waals surface area contributed by atoms with Crippen LogP contribution in [0, 0.1) is 12.3 Å². The Morgan fingerprint density at radius 2 is 2.15 bits per heavy atom. The lowest BCUT2D eigenvalue weighted by Crippen LogP contribution is -2.23. The molecule has 0 aromatic carbocycles. The van der Waals surface area contributed by atoms with Crippen LogP contribution in [0.3, 0.4) is 0 Å². The maximum absolute atomic E-state index is 11.1. The molecule has 0 saturated carbocycles. The third kappa shape index (κ3) is 7.35. The standard InChI is InChI=1S/C10H18N2O/c1-4-5-8-11-9-6-7-10(13)12(2)3/h1,11H,5-9H2,2-3H3. The Kier molecular flexibility index (Phi) is 7.04. The second-order valence-electron chi connectivity index (χ2n) is 3.10. The summed E-state index contributed by atoms with van der Waals surface area (Å²) in [6, 6.07) is 0. The molecule has 0 aromatic rings. The van der Waals surface area contributed by atoms with Crippen LogP contribution >= 0.6 is 0 Å². The van der Waals surface area contributed by atoms with Crippen molar-refractivity contribution in [2.75, 3.05) is 27.2 Å². The Labute approximate surface area is 80.5 Å². The van der Waals surface area contributed by atoms with Gasteiger partial charge in [-0.05, 0) is 13.0 Å². The van der Waals surface area contributed by atoms with Crippen LogP contribution in [-0.2, 0) is 4.79 Å². The molecule has 74 valence electrons. The molecule has 0 aliphatic heterocycles. The van der Waals surface area contributed by atoms with Gasteiger partial charge in [0.2, 0.25) is 5.91 Å². The first-order valence-electron chi connectivity index (χ1n) is 4.53. The molecule has 0 rings (SSSR count). The zero-order valence-corrected chi connectivity index (χ0v) is 8.47. The Hall–Kier alpha value is -1.01. The summed E-state index contributed by atoms with van der Waals surface area (Å²) in [5.41, 5.74) is 0. The van der Waals surface area contributed by atoms with Crippen LogP contribution < -0.4 is 5.32 Å². The Morgan fingerprint density at radius 3 is 2.69 bits per heavy atom. The highest BCUT2D eigenvalue weighted by molar-refractivity contribution is 5.75. The van der Waals surface area contributed by atoms with Crippen molar-refractivity contribution in [3.8, 4) is 12.3 Å². The Bertz CT molecular complexity index is 182. The van der Waals surface area contributed by atoms with E-state index in [9.17, 15) is 4.79 Å². The smallest absolute Gasteiger partial charge is 0.222 e. The topological polar surface area (TPSA) is 32.3 Å². The van der Waals surface area contributed by atoms with Gasteiger partial charge in [-0.15, -0.1) is 12.3 Å². The molecule has 0 saturated heterocycles. The van der Waals surface area contributed by atoms with Crippen LogP contribution in [0.2, 0.25) is 0 Å². The van der Waals surface area contributed by atoms with Crippen LogP contribution in [-0.4, -0.2) is 38.0 Å². The molecular weight excluding hydrogens is 164 g/mol. The first kappa shape index (κ1) is 12.0. The van der Waals surface area contributed by atoms with Gasteiger partial charge >= 0.3 is 0 Å². The quantitative estimate of drug-likeness (QED) is 0.478. The number of rotatable bonds is 6. The average molecular weight is 182 g/mol. The maximum atomic E-state index is 11.1. The highest BCUT2D eigenvalue weighted by Gasteiger charge is 2.01. The van der Waals surface area contributed by atoms with Crippen molar-refractivity contribution in [3.05, 3.63) is 0 Å². The molecule has 1 N–H and O–H groups in total. The zero-order valence-electron chi connectivity index (χ0n) is 8.47. The summed E-state index contributed by atoms with van der Waals surface area (Å²) in [5.74, 6) is 2.73. The monoisotopic (exact) mass is 182 g/mol. The molecule has 0 fully saturated rings. The van der Waals surface area contributed by atoms with E-state index in [2.05, 4.69) is 11.2 Å². The van der Waals surface area contributed by atoms with Crippen molar-refractivity contribution in [3.63, 3.8) is 0 Å². The molecule has 0 heterocycles. The molecule has 0 aliphatic carbocycles. The molecule has 0 spiro atoms. The normalized spacial score (nSPS) is 9.31. The Balaban J connectivity index is 3.17. The summed E-state index contributed by atoms with van der Waals surface area (Å²) in [6.07, 6.45) is 7.32. The lowest BCUT2D eigenvalue weighted by Gasteiger charge is -2.09. The van der Waals surface area contributed by atoms with E-state index in [1.165, 1.54) is 0 Å². The van der Waals surface area contributed by atoms with E-state index in [4.69, 9.17) is 6.42 Å². The van der Waals surface area contributed by atoms with Crippen molar-refractivity contribution in [1.82, 2.24) is 10.2 Å². The number of nitrogens with zero attached hydrogens (tertiary/aromatic N) is 1. The second kappa shape index (κ2) is 7.63. The largest absolute Gasteiger partial charge is 0.349 e. The lowest BCUT2D eigenvalue weighted by molar-refractivity contribution is -0.128. The molecule has 3 nitrogen and oxygen atoms in total. The molecule has 3 heteroatoms. The third-order valence-corrected chi connectivity index (χ3v) is 1.69. The molecule has 0 aromatic heterocycles. The minimum atomic E-state index is 0.179. The molecule has 13 heavy (non-hydrogen) atoms. The van der Waals surface area contributed by atoms with Crippen molar-refractivity contribution in [2.24, 2.45) is 0 Å². The summed E-state index contributed by atoms with van der Waals surface area (Å²) in [4.78, 5) is 12.7. The number of terminal acetylenes is 1. The van der Waals surface area contributed by atoms with Crippen LogP contribution in [0.4, 0.5) is 0 Å². The van der Waals surface area contributed by atoms with E-state index in [1.54, 1.807) is 19.0 Å². The van der Waals surface area contributed by atoms with Crippen molar-refractivity contribution < 1.29 is 4.79 Å². The van der Waals surface area contributed by atoms with Gasteiger partial charge in [0, 0.05) is 33.5 Å². The van der Waals surface area contributed by atoms with Gasteiger partial charge < -0.3 is 10.2 Å². The van der Waals surface area contributed by atoms with Crippen molar-refractivity contribution >= 4 is 5.91 Å². The summed E-state index contributed by atoms with van der Waals surface area (Å²) < 4.78 is 0. The minimum absolute atomic E-state index is 0.179. The molecule has 0 atom stereocenters. The minimum Gasteiger partial charge on any atom is -0.349 e. The van der Waals surface area contributed by atoms with E-state index in [0.29, 0.717) is 6.42 Å². The van der Waals surface area contributed by atoms with Gasteiger partial charge in [-0.2, -0.15) is 0 Å². The van der Waals surface area contributed by atoms with Crippen molar-refractivity contribution in [2.45, 2.75) is 19.3 Å². The number of nitrogens with one attached hydrogen (secondary N) is 1. The fourth-order valence-corrected chi connectivity index (χ4v) is 0.874. The lowest BCUT2D eigenvalue weighted by atomic mass is 10.3. The number of hydrogen-bond acceptors (Lipinski definition) is 2. The number of carbonyl (C=O) groups is 1. The average Bonchev–Trinajstić information content (AvgIpc) is 2.10. The van der Waals surface area contributed by atoms with Crippen molar-refractivity contribution in [1.29, 1.82) is 0 Å². The van der Waals surface area contributed by atoms with Crippen LogP contribution in [0.1, 0.15) is 19.3 Å². The van der Waals surface area contributed by atoms with Gasteiger partial charge in [0.05, 0.1) is 0 Å². The van der Waals surface area contributed by atoms with Gasteiger partial charge in [0.25, 0.3) is 0 Å². The first-order chi connectivity index (χ1) is 6.18. The maximum Gasteiger partial charge on any atom is 0.222 e. The predicted molar refractivity (Wildman–Crippen MR) is 54.2 cm³/mol. The molecular formula is C10H18N2O. The number of hydrogen-bond donors (Lipinski definition) is 1. The Morgan fingerprint density at radius 1 is 1.46 bits per heavy atom. The van der Waals surface area contributed by atoms with Crippen LogP contribution in [0.5, 0.6) is 0 Å². The van der Waals surface area contributed by atoms with Gasteiger partial charge in [0.15, 0.2) is 0 Å². The number of carbonyl (C=O) groups excluding carboxylic acids is 1. The van der Waals surface area contributed by atoms with Crippen LogP contribution in [0.15, 0.2) is 0 Å². The number of amides is 1. The van der Waals surface area contributed by atoms with Gasteiger partial charge in [0.1, 0.15) is 0 Å². The molecule has 0 radical (unpaired) electrons. The summed E-state index contributed by atoms with van der Waals surface area (Å²) >= 11 is 0. The molecule has 0 bridgehead atoms. The fraction of sp³-hybridized carbons (Fsp3) is 0.700. The van der Waals surface area contributed by atoms with Crippen LogP contribution in [0.25, 0.3) is 0 Å². The highest BCUT2D eigenvalue weighted by Crippen LogP contribution is 1.91. The van der Waals surface area contributed by atoms with E-state index < -0.39 is 0 Å². The van der Waals surface area contributed by atoms with Gasteiger partial charge in [-0.3, -0.25) is 4.79 Å².